The van der Waals surface area contributed by atoms with E-state index in [4.69, 9.17) is 27.9 Å². The highest BCUT2D eigenvalue weighted by Gasteiger charge is 2.12. The van der Waals surface area contributed by atoms with Gasteiger partial charge in [-0.3, -0.25) is 0 Å². The van der Waals surface area contributed by atoms with E-state index in [1.54, 1.807) is 12.1 Å². The summed E-state index contributed by atoms with van der Waals surface area (Å²) in [6.45, 7) is 1.26. The topological polar surface area (TPSA) is 21.3 Å². The van der Waals surface area contributed by atoms with Gasteiger partial charge < -0.3 is 10.1 Å². The summed E-state index contributed by atoms with van der Waals surface area (Å²) in [6.07, 6.45) is 0. The molecule has 0 atom stereocenters. The lowest BCUT2D eigenvalue weighted by molar-refractivity contribution is 0.296. The average Bonchev–Trinajstić information content (AvgIpc) is 2.75. The van der Waals surface area contributed by atoms with E-state index >= 15 is 0 Å². The van der Waals surface area contributed by atoms with Crippen LogP contribution >= 0.6 is 23.2 Å². The van der Waals surface area contributed by atoms with Gasteiger partial charge in [-0.25, -0.2) is 4.39 Å². The number of hydrogen-bond donors (Lipinski definition) is 1. The van der Waals surface area contributed by atoms with E-state index in [9.17, 15) is 4.39 Å². The first-order valence-electron chi connectivity index (χ1n) is 9.64. The minimum atomic E-state index is -0.373. The lowest BCUT2D eigenvalue weighted by Crippen LogP contribution is -2.14. The molecule has 30 heavy (non-hydrogen) atoms. The highest BCUT2D eigenvalue weighted by Crippen LogP contribution is 2.30. The summed E-state index contributed by atoms with van der Waals surface area (Å²) in [4.78, 5) is 0. The van der Waals surface area contributed by atoms with Gasteiger partial charge in [-0.05, 0) is 40.6 Å². The van der Waals surface area contributed by atoms with E-state index in [0.717, 1.165) is 26.9 Å². The number of fused-ring (bicyclic) bond motifs is 1. The highest BCUT2D eigenvalue weighted by molar-refractivity contribution is 6.31. The van der Waals surface area contributed by atoms with Crippen molar-refractivity contribution in [3.63, 3.8) is 0 Å². The molecule has 0 aliphatic heterocycles. The molecule has 0 saturated heterocycles. The maximum absolute atomic E-state index is 14.1. The molecule has 2 nitrogen and oxygen atoms in total. The number of halogens is 3. The zero-order chi connectivity index (χ0) is 20.9. The summed E-state index contributed by atoms with van der Waals surface area (Å²) in [6, 6.07) is 24.4. The molecule has 0 aliphatic carbocycles. The van der Waals surface area contributed by atoms with Crippen molar-refractivity contribution >= 4 is 34.0 Å². The molecule has 5 heteroatoms. The number of rotatable bonds is 7. The van der Waals surface area contributed by atoms with Gasteiger partial charge in [-0.15, -0.1) is 0 Å². The van der Waals surface area contributed by atoms with E-state index < -0.39 is 0 Å². The molecule has 0 aliphatic rings. The molecule has 4 rings (SSSR count). The molecule has 4 aromatic carbocycles. The second kappa shape index (κ2) is 9.48. The Balaban J connectivity index is 1.59. The number of benzene rings is 4. The van der Waals surface area contributed by atoms with E-state index in [-0.39, 0.29) is 12.4 Å². The minimum absolute atomic E-state index is 0.0569. The largest absolute Gasteiger partial charge is 0.488 e. The Hall–Kier alpha value is -2.59. The maximum atomic E-state index is 14.1. The molecule has 152 valence electrons. The van der Waals surface area contributed by atoms with Crippen LogP contribution in [0.4, 0.5) is 4.39 Å². The number of nitrogens with one attached hydrogen (secondary N) is 1. The summed E-state index contributed by atoms with van der Waals surface area (Å²) >= 11 is 12.4. The molecule has 0 aromatic heterocycles. The normalized spacial score (nSPS) is 11.0. The summed E-state index contributed by atoms with van der Waals surface area (Å²) in [5.41, 5.74) is 2.38. The Kier molecular flexibility index (Phi) is 6.53. The monoisotopic (exact) mass is 439 g/mol. The van der Waals surface area contributed by atoms with Crippen molar-refractivity contribution in [3.05, 3.63) is 111 Å². The van der Waals surface area contributed by atoms with Crippen molar-refractivity contribution in [1.82, 2.24) is 5.32 Å². The molecule has 0 unspecified atom stereocenters. The molecule has 0 radical (unpaired) electrons. The fourth-order valence-corrected chi connectivity index (χ4v) is 3.84. The Morgan fingerprint density at radius 2 is 1.50 bits per heavy atom. The molecule has 0 spiro atoms. The third-order valence-corrected chi connectivity index (χ3v) is 5.73. The van der Waals surface area contributed by atoms with Crippen LogP contribution in [-0.2, 0) is 19.7 Å². The Morgan fingerprint density at radius 1 is 0.733 bits per heavy atom. The van der Waals surface area contributed by atoms with Gasteiger partial charge in [0.1, 0.15) is 18.2 Å². The van der Waals surface area contributed by atoms with Crippen molar-refractivity contribution in [3.8, 4) is 5.75 Å². The SMILES string of the molecule is Fc1cccc(Cl)c1COc1ccc2ccccc2c1CNCc1ccccc1Cl. The summed E-state index contributed by atoms with van der Waals surface area (Å²) in [5, 5.41) is 6.73. The molecule has 0 fully saturated rings. The zero-order valence-electron chi connectivity index (χ0n) is 16.2. The van der Waals surface area contributed by atoms with Crippen LogP contribution < -0.4 is 10.1 Å². The van der Waals surface area contributed by atoms with Gasteiger partial charge >= 0.3 is 0 Å². The van der Waals surface area contributed by atoms with Crippen LogP contribution in [0.2, 0.25) is 10.0 Å². The van der Waals surface area contributed by atoms with Crippen LogP contribution in [0.5, 0.6) is 5.75 Å². The lowest BCUT2D eigenvalue weighted by Gasteiger charge is -2.16. The highest BCUT2D eigenvalue weighted by atomic mass is 35.5. The molecule has 4 aromatic rings. The molecular weight excluding hydrogens is 420 g/mol. The fraction of sp³-hybridized carbons (Fsp3) is 0.120. The van der Waals surface area contributed by atoms with E-state index in [2.05, 4.69) is 17.4 Å². The number of ether oxygens (including phenoxy) is 1. The van der Waals surface area contributed by atoms with Crippen LogP contribution in [0.1, 0.15) is 16.7 Å². The van der Waals surface area contributed by atoms with Crippen LogP contribution in [-0.4, -0.2) is 0 Å². The third-order valence-electron chi connectivity index (χ3n) is 5.01. The Labute approximate surface area is 185 Å². The van der Waals surface area contributed by atoms with Crippen LogP contribution in [0.3, 0.4) is 0 Å². The Bertz CT molecular complexity index is 1160. The first-order valence-corrected chi connectivity index (χ1v) is 10.4. The summed E-state index contributed by atoms with van der Waals surface area (Å²) < 4.78 is 20.2. The summed E-state index contributed by atoms with van der Waals surface area (Å²) in [7, 11) is 0. The van der Waals surface area contributed by atoms with Crippen LogP contribution in [0.25, 0.3) is 10.8 Å². The zero-order valence-corrected chi connectivity index (χ0v) is 17.7. The van der Waals surface area contributed by atoms with Gasteiger partial charge in [0, 0.05) is 29.2 Å². The predicted octanol–water partition coefficient (Wildman–Crippen LogP) is 7.15. The molecule has 0 heterocycles. The average molecular weight is 440 g/mol. The van der Waals surface area contributed by atoms with E-state index in [1.165, 1.54) is 6.07 Å². The minimum Gasteiger partial charge on any atom is -0.488 e. The molecule has 1 N–H and O–H groups in total. The van der Waals surface area contributed by atoms with Gasteiger partial charge in [0.25, 0.3) is 0 Å². The van der Waals surface area contributed by atoms with Gasteiger partial charge in [0.05, 0.1) is 5.02 Å². The maximum Gasteiger partial charge on any atom is 0.131 e. The van der Waals surface area contributed by atoms with Crippen LogP contribution in [0, 0.1) is 5.82 Å². The second-order valence-electron chi connectivity index (χ2n) is 6.95. The van der Waals surface area contributed by atoms with Crippen molar-refractivity contribution in [2.45, 2.75) is 19.7 Å². The predicted molar refractivity (Wildman–Crippen MR) is 122 cm³/mol. The quantitative estimate of drug-likeness (QED) is 0.329. The molecular formula is C25H20Cl2FNO. The number of hydrogen-bond acceptors (Lipinski definition) is 2. The van der Waals surface area contributed by atoms with E-state index in [0.29, 0.717) is 29.4 Å². The first-order chi connectivity index (χ1) is 14.6. The Morgan fingerprint density at radius 3 is 2.33 bits per heavy atom. The van der Waals surface area contributed by atoms with E-state index in [1.807, 2.05) is 48.5 Å². The molecule has 0 amide bonds. The van der Waals surface area contributed by atoms with Gasteiger partial charge in [0.15, 0.2) is 0 Å². The third kappa shape index (κ3) is 4.59. The smallest absolute Gasteiger partial charge is 0.131 e. The standard InChI is InChI=1S/C25H20Cl2FNO/c26-22-9-4-2-7-18(22)14-29-15-20-19-8-3-1-6-17(19)12-13-25(20)30-16-21-23(27)10-5-11-24(21)28/h1-13,29H,14-16H2. The van der Waals surface area contributed by atoms with Crippen molar-refractivity contribution < 1.29 is 9.13 Å². The van der Waals surface area contributed by atoms with Crippen molar-refractivity contribution in [2.75, 3.05) is 0 Å². The second-order valence-corrected chi connectivity index (χ2v) is 7.76. The lowest BCUT2D eigenvalue weighted by atomic mass is 10.0. The fourth-order valence-electron chi connectivity index (χ4n) is 3.42. The first kappa shape index (κ1) is 20.7. The van der Waals surface area contributed by atoms with Crippen molar-refractivity contribution in [2.24, 2.45) is 0 Å². The van der Waals surface area contributed by atoms with Gasteiger partial charge in [-0.1, -0.05) is 77.8 Å². The van der Waals surface area contributed by atoms with Gasteiger partial charge in [-0.2, -0.15) is 0 Å². The molecule has 0 bridgehead atoms. The van der Waals surface area contributed by atoms with Crippen molar-refractivity contribution in [1.29, 1.82) is 0 Å². The van der Waals surface area contributed by atoms with Gasteiger partial charge in [0.2, 0.25) is 0 Å². The van der Waals surface area contributed by atoms with Crippen LogP contribution in [0.15, 0.2) is 78.9 Å². The summed E-state index contributed by atoms with van der Waals surface area (Å²) in [5.74, 6) is 0.321. The molecule has 0 saturated carbocycles.